The molecule has 1 aliphatic rings. The first-order valence-corrected chi connectivity index (χ1v) is 8.09. The molecule has 0 aliphatic carbocycles. The van der Waals surface area contributed by atoms with E-state index in [0.29, 0.717) is 35.1 Å². The topological polar surface area (TPSA) is 90.1 Å². The van der Waals surface area contributed by atoms with Crippen molar-refractivity contribution in [2.45, 2.75) is 0 Å². The fourth-order valence-corrected chi connectivity index (χ4v) is 3.00. The molecule has 1 aliphatic heterocycles. The van der Waals surface area contributed by atoms with Crippen LogP contribution in [0.5, 0.6) is 0 Å². The summed E-state index contributed by atoms with van der Waals surface area (Å²) >= 11 is 6.18. The molecule has 2 heterocycles. The van der Waals surface area contributed by atoms with Gasteiger partial charge in [0.2, 0.25) is 0 Å². The van der Waals surface area contributed by atoms with Gasteiger partial charge in [-0.25, -0.2) is 4.79 Å². The van der Waals surface area contributed by atoms with Crippen LogP contribution in [0.4, 0.5) is 16.2 Å². The quantitative estimate of drug-likeness (QED) is 0.674. The van der Waals surface area contributed by atoms with Gasteiger partial charge in [0.15, 0.2) is 0 Å². The minimum absolute atomic E-state index is 0.181. The Morgan fingerprint density at radius 1 is 1.24 bits per heavy atom. The zero-order chi connectivity index (χ0) is 17.4. The van der Waals surface area contributed by atoms with Crippen molar-refractivity contribution in [3.05, 3.63) is 53.2 Å². The number of nitrogens with zero attached hydrogens (tertiary/aromatic N) is 2. The highest BCUT2D eigenvalue weighted by molar-refractivity contribution is 6.34. The monoisotopic (exact) mass is 355 g/mol. The second-order valence-electron chi connectivity index (χ2n) is 5.67. The maximum absolute atomic E-state index is 12.6. The number of rotatable bonds is 3. The molecule has 2 aromatic carbocycles. The van der Waals surface area contributed by atoms with Crippen molar-refractivity contribution >= 4 is 45.8 Å². The minimum Gasteiger partial charge on any atom is -0.336 e. The lowest BCUT2D eigenvalue weighted by Gasteiger charge is -2.16. The number of hydrogen-bond acceptors (Lipinski definition) is 3. The Bertz CT molecular complexity index is 984. The predicted molar refractivity (Wildman–Crippen MR) is 96.2 cm³/mol. The van der Waals surface area contributed by atoms with Crippen LogP contribution in [0.3, 0.4) is 0 Å². The van der Waals surface area contributed by atoms with Crippen molar-refractivity contribution in [1.82, 2.24) is 15.5 Å². The molecule has 1 saturated heterocycles. The van der Waals surface area contributed by atoms with Gasteiger partial charge < -0.3 is 10.6 Å². The van der Waals surface area contributed by atoms with Gasteiger partial charge in [0.25, 0.3) is 5.91 Å². The number of nitrogens with one attached hydrogen (secondary N) is 3. The van der Waals surface area contributed by atoms with Gasteiger partial charge in [0.05, 0.1) is 22.3 Å². The number of aromatic amines is 1. The molecule has 8 heteroatoms. The molecule has 0 radical (unpaired) electrons. The van der Waals surface area contributed by atoms with Crippen LogP contribution in [0.15, 0.2) is 42.6 Å². The number of amides is 3. The number of halogens is 1. The highest BCUT2D eigenvalue weighted by Gasteiger charge is 2.23. The fourth-order valence-electron chi connectivity index (χ4n) is 2.79. The van der Waals surface area contributed by atoms with E-state index >= 15 is 0 Å². The molecule has 3 aromatic rings. The van der Waals surface area contributed by atoms with Gasteiger partial charge in [0, 0.05) is 29.9 Å². The summed E-state index contributed by atoms with van der Waals surface area (Å²) in [6.07, 6.45) is 1.69. The Balaban J connectivity index is 1.61. The van der Waals surface area contributed by atoms with Gasteiger partial charge in [-0.1, -0.05) is 11.6 Å². The summed E-state index contributed by atoms with van der Waals surface area (Å²) in [7, 11) is 0. The van der Waals surface area contributed by atoms with Gasteiger partial charge in [-0.05, 0) is 36.4 Å². The number of fused-ring (bicyclic) bond motifs is 1. The van der Waals surface area contributed by atoms with Crippen molar-refractivity contribution in [3.8, 4) is 0 Å². The zero-order valence-electron chi connectivity index (χ0n) is 13.0. The van der Waals surface area contributed by atoms with Gasteiger partial charge in [0.1, 0.15) is 0 Å². The van der Waals surface area contributed by atoms with Crippen molar-refractivity contribution in [2.75, 3.05) is 23.3 Å². The normalized spacial score (nSPS) is 14.0. The summed E-state index contributed by atoms with van der Waals surface area (Å²) in [5, 5.41) is 13.6. The van der Waals surface area contributed by atoms with E-state index in [2.05, 4.69) is 20.8 Å². The average Bonchev–Trinajstić information content (AvgIpc) is 3.23. The molecule has 0 unspecified atom stereocenters. The van der Waals surface area contributed by atoms with Gasteiger partial charge in [-0.15, -0.1) is 0 Å². The number of carbonyl (C=O) groups excluding carboxylic acids is 2. The number of carbonyl (C=O) groups is 2. The maximum atomic E-state index is 12.6. The van der Waals surface area contributed by atoms with Crippen LogP contribution in [-0.2, 0) is 0 Å². The Morgan fingerprint density at radius 3 is 2.92 bits per heavy atom. The molecule has 0 bridgehead atoms. The molecule has 7 nitrogen and oxygen atoms in total. The standard InChI is InChI=1S/C17H14ClN5O2/c18-14-3-2-12(23-6-5-19-17(23)25)8-13(14)16(24)21-11-1-4-15-10(7-11)9-20-22-15/h1-4,7-9H,5-6H2,(H,19,25)(H,20,22)(H,21,24). The lowest BCUT2D eigenvalue weighted by atomic mass is 10.1. The summed E-state index contributed by atoms with van der Waals surface area (Å²) in [5.41, 5.74) is 2.47. The highest BCUT2D eigenvalue weighted by atomic mass is 35.5. The molecule has 3 amide bonds. The van der Waals surface area contributed by atoms with Gasteiger partial charge in [-0.3, -0.25) is 14.8 Å². The molecule has 126 valence electrons. The SMILES string of the molecule is O=C(Nc1ccc2[nH]ncc2c1)c1cc(N2CCNC2=O)ccc1Cl. The van der Waals surface area contributed by atoms with Crippen LogP contribution in [-0.4, -0.2) is 35.2 Å². The zero-order valence-corrected chi connectivity index (χ0v) is 13.8. The van der Waals surface area contributed by atoms with Crippen LogP contribution in [0.25, 0.3) is 10.9 Å². The smallest absolute Gasteiger partial charge is 0.321 e. The number of aromatic nitrogens is 2. The molecule has 1 aromatic heterocycles. The highest BCUT2D eigenvalue weighted by Crippen LogP contribution is 2.26. The molecule has 1 fully saturated rings. The van der Waals surface area contributed by atoms with E-state index in [4.69, 9.17) is 11.6 Å². The van der Waals surface area contributed by atoms with Crippen LogP contribution in [0.2, 0.25) is 5.02 Å². The molecule has 4 rings (SSSR count). The van der Waals surface area contributed by atoms with Crippen LogP contribution in [0, 0.1) is 0 Å². The molecule has 0 saturated carbocycles. The van der Waals surface area contributed by atoms with Crippen molar-refractivity contribution in [1.29, 1.82) is 0 Å². The molecule has 0 atom stereocenters. The number of benzene rings is 2. The summed E-state index contributed by atoms with van der Waals surface area (Å²) in [5.74, 6) is -0.339. The number of anilines is 2. The number of H-pyrrole nitrogens is 1. The van der Waals surface area contributed by atoms with E-state index in [1.807, 2.05) is 12.1 Å². The molecule has 0 spiro atoms. The van der Waals surface area contributed by atoms with Crippen molar-refractivity contribution in [2.24, 2.45) is 0 Å². The average molecular weight is 356 g/mol. The third kappa shape index (κ3) is 2.89. The van der Waals surface area contributed by atoms with E-state index in [-0.39, 0.29) is 11.9 Å². The fraction of sp³-hybridized carbons (Fsp3) is 0.118. The number of hydrogen-bond donors (Lipinski definition) is 3. The van der Waals surface area contributed by atoms with Crippen LogP contribution >= 0.6 is 11.6 Å². The van der Waals surface area contributed by atoms with Crippen LogP contribution in [0.1, 0.15) is 10.4 Å². The summed E-state index contributed by atoms with van der Waals surface area (Å²) in [4.78, 5) is 26.0. The first kappa shape index (κ1) is 15.5. The third-order valence-corrected chi connectivity index (χ3v) is 4.39. The Labute approximate surface area is 148 Å². The van der Waals surface area contributed by atoms with Gasteiger partial charge >= 0.3 is 6.03 Å². The van der Waals surface area contributed by atoms with Gasteiger partial charge in [-0.2, -0.15) is 5.10 Å². The first-order valence-electron chi connectivity index (χ1n) is 7.71. The number of urea groups is 1. The lowest BCUT2D eigenvalue weighted by Crippen LogP contribution is -2.28. The van der Waals surface area contributed by atoms with E-state index in [0.717, 1.165) is 10.9 Å². The largest absolute Gasteiger partial charge is 0.336 e. The van der Waals surface area contributed by atoms with E-state index in [1.54, 1.807) is 35.4 Å². The summed E-state index contributed by atoms with van der Waals surface area (Å²) < 4.78 is 0. The van der Waals surface area contributed by atoms with Crippen LogP contribution < -0.4 is 15.5 Å². The summed E-state index contributed by atoms with van der Waals surface area (Å²) in [6, 6.07) is 10.2. The Morgan fingerprint density at radius 2 is 2.12 bits per heavy atom. The van der Waals surface area contributed by atoms with E-state index in [1.165, 1.54) is 0 Å². The molecule has 3 N–H and O–H groups in total. The Kier molecular flexibility index (Phi) is 3.77. The van der Waals surface area contributed by atoms with E-state index in [9.17, 15) is 9.59 Å². The first-order chi connectivity index (χ1) is 12.1. The maximum Gasteiger partial charge on any atom is 0.321 e. The summed E-state index contributed by atoms with van der Waals surface area (Å²) in [6.45, 7) is 1.13. The predicted octanol–water partition coefficient (Wildman–Crippen LogP) is 3.00. The molecular formula is C17H14ClN5O2. The minimum atomic E-state index is -0.339. The van der Waals surface area contributed by atoms with Crippen molar-refractivity contribution < 1.29 is 9.59 Å². The third-order valence-electron chi connectivity index (χ3n) is 4.06. The second kappa shape index (κ2) is 6.10. The lowest BCUT2D eigenvalue weighted by molar-refractivity contribution is 0.102. The van der Waals surface area contributed by atoms with E-state index < -0.39 is 0 Å². The molecule has 25 heavy (non-hydrogen) atoms. The van der Waals surface area contributed by atoms with Crippen molar-refractivity contribution in [3.63, 3.8) is 0 Å². The second-order valence-corrected chi connectivity index (χ2v) is 6.08. The Hall–Kier alpha value is -3.06. The molecular weight excluding hydrogens is 342 g/mol.